The predicted molar refractivity (Wildman–Crippen MR) is 85.2 cm³/mol. The molecule has 0 spiro atoms. The molecule has 0 aliphatic carbocycles. The highest BCUT2D eigenvalue weighted by Gasteiger charge is 2.23. The number of rotatable bonds is 7. The molecule has 1 aromatic carbocycles. The molecular formula is C17H24N2O2. The number of aromatic nitrogens is 1. The minimum atomic E-state index is -0.313. The van der Waals surface area contributed by atoms with Gasteiger partial charge in [-0.1, -0.05) is 25.1 Å². The number of hydrogen-bond acceptors (Lipinski definition) is 2. The van der Waals surface area contributed by atoms with Crippen LogP contribution in [-0.2, 0) is 11.2 Å². The summed E-state index contributed by atoms with van der Waals surface area (Å²) in [6.07, 6.45) is 4.55. The van der Waals surface area contributed by atoms with E-state index in [4.69, 9.17) is 5.11 Å². The summed E-state index contributed by atoms with van der Waals surface area (Å²) in [4.78, 5) is 15.3. The first-order chi connectivity index (χ1) is 10.1. The number of aliphatic hydroxyl groups excluding tert-OH is 1. The smallest absolute Gasteiger partial charge is 0.220 e. The fourth-order valence-electron chi connectivity index (χ4n) is 2.56. The van der Waals surface area contributed by atoms with E-state index in [0.29, 0.717) is 12.8 Å². The van der Waals surface area contributed by atoms with Crippen molar-refractivity contribution in [3.05, 3.63) is 36.0 Å². The maximum absolute atomic E-state index is 12.1. The second-order valence-electron chi connectivity index (χ2n) is 5.80. The van der Waals surface area contributed by atoms with Crippen molar-refractivity contribution in [3.63, 3.8) is 0 Å². The number of benzene rings is 1. The molecule has 1 atom stereocenters. The first-order valence-electron chi connectivity index (χ1n) is 7.55. The first kappa shape index (κ1) is 15.6. The number of carbonyl (C=O) groups is 1. The molecular weight excluding hydrogens is 264 g/mol. The summed E-state index contributed by atoms with van der Waals surface area (Å²) in [6, 6.07) is 8.11. The number of carbonyl (C=O) groups excluding carboxylic acids is 1. The van der Waals surface area contributed by atoms with Gasteiger partial charge in [0.1, 0.15) is 0 Å². The average Bonchev–Trinajstić information content (AvgIpc) is 2.88. The summed E-state index contributed by atoms with van der Waals surface area (Å²) in [5.41, 5.74) is 1.96. The third-order valence-corrected chi connectivity index (χ3v) is 4.18. The summed E-state index contributed by atoms with van der Waals surface area (Å²) in [7, 11) is 0. The molecule has 4 nitrogen and oxygen atoms in total. The van der Waals surface area contributed by atoms with Crippen LogP contribution in [0.4, 0.5) is 0 Å². The Morgan fingerprint density at radius 3 is 2.86 bits per heavy atom. The van der Waals surface area contributed by atoms with Gasteiger partial charge in [0.15, 0.2) is 0 Å². The number of aryl methyl sites for hydroxylation is 1. The number of amides is 1. The zero-order valence-corrected chi connectivity index (χ0v) is 12.8. The van der Waals surface area contributed by atoms with Gasteiger partial charge in [-0.15, -0.1) is 0 Å². The van der Waals surface area contributed by atoms with Gasteiger partial charge in [-0.25, -0.2) is 0 Å². The van der Waals surface area contributed by atoms with Crippen molar-refractivity contribution in [2.75, 3.05) is 6.61 Å². The minimum Gasteiger partial charge on any atom is -0.396 e. The molecule has 114 valence electrons. The van der Waals surface area contributed by atoms with Crippen LogP contribution < -0.4 is 5.32 Å². The predicted octanol–water partition coefficient (Wildman–Crippen LogP) is 2.77. The number of aromatic amines is 1. The molecule has 0 saturated carbocycles. The maximum atomic E-state index is 12.1. The van der Waals surface area contributed by atoms with E-state index >= 15 is 0 Å². The van der Waals surface area contributed by atoms with Gasteiger partial charge in [0.25, 0.3) is 0 Å². The van der Waals surface area contributed by atoms with Gasteiger partial charge < -0.3 is 15.4 Å². The van der Waals surface area contributed by atoms with Crippen molar-refractivity contribution in [2.24, 2.45) is 0 Å². The molecule has 0 fully saturated rings. The largest absolute Gasteiger partial charge is 0.396 e. The lowest BCUT2D eigenvalue weighted by atomic mass is 9.94. The fraction of sp³-hybridized carbons (Fsp3) is 0.471. The third kappa shape index (κ3) is 3.85. The van der Waals surface area contributed by atoms with Crippen LogP contribution in [0.25, 0.3) is 10.9 Å². The van der Waals surface area contributed by atoms with Crippen LogP contribution in [0.15, 0.2) is 30.5 Å². The van der Waals surface area contributed by atoms with Crippen LogP contribution in [0.5, 0.6) is 0 Å². The van der Waals surface area contributed by atoms with Gasteiger partial charge in [0, 0.05) is 35.7 Å². The summed E-state index contributed by atoms with van der Waals surface area (Å²) in [5.74, 6) is 0.0399. The molecule has 21 heavy (non-hydrogen) atoms. The number of hydrogen-bond donors (Lipinski definition) is 3. The van der Waals surface area contributed by atoms with Gasteiger partial charge in [-0.05, 0) is 37.8 Å². The van der Waals surface area contributed by atoms with Crippen molar-refractivity contribution >= 4 is 16.8 Å². The lowest BCUT2D eigenvalue weighted by Gasteiger charge is -2.29. The molecule has 0 radical (unpaired) electrons. The van der Waals surface area contributed by atoms with E-state index < -0.39 is 0 Å². The van der Waals surface area contributed by atoms with Gasteiger partial charge in [0.2, 0.25) is 5.91 Å². The summed E-state index contributed by atoms with van der Waals surface area (Å²) in [6.45, 7) is 4.09. The fourth-order valence-corrected chi connectivity index (χ4v) is 2.56. The average molecular weight is 288 g/mol. The Balaban J connectivity index is 1.95. The highest BCUT2D eigenvalue weighted by atomic mass is 16.3. The zero-order valence-electron chi connectivity index (χ0n) is 12.8. The van der Waals surface area contributed by atoms with Crippen LogP contribution in [0, 0.1) is 0 Å². The van der Waals surface area contributed by atoms with Crippen molar-refractivity contribution < 1.29 is 9.90 Å². The van der Waals surface area contributed by atoms with E-state index in [1.165, 1.54) is 10.9 Å². The number of fused-ring (bicyclic) bond motifs is 1. The maximum Gasteiger partial charge on any atom is 0.220 e. The van der Waals surface area contributed by atoms with Crippen LogP contribution in [-0.4, -0.2) is 28.1 Å². The zero-order chi connectivity index (χ0) is 15.3. The van der Waals surface area contributed by atoms with E-state index in [9.17, 15) is 4.79 Å². The Hall–Kier alpha value is -1.81. The Morgan fingerprint density at radius 2 is 2.14 bits per heavy atom. The molecule has 0 bridgehead atoms. The normalized spacial score (nSPS) is 14.0. The quantitative estimate of drug-likeness (QED) is 0.733. The van der Waals surface area contributed by atoms with E-state index in [0.717, 1.165) is 18.4 Å². The van der Waals surface area contributed by atoms with Crippen molar-refractivity contribution in [2.45, 2.75) is 45.1 Å². The number of H-pyrrole nitrogens is 1. The molecule has 1 unspecified atom stereocenters. The Morgan fingerprint density at radius 1 is 1.38 bits per heavy atom. The molecule has 4 heteroatoms. The number of para-hydroxylation sites is 1. The van der Waals surface area contributed by atoms with Crippen LogP contribution in [0.1, 0.15) is 38.7 Å². The van der Waals surface area contributed by atoms with E-state index in [2.05, 4.69) is 16.4 Å². The second kappa shape index (κ2) is 6.76. The molecule has 1 aromatic heterocycles. The molecule has 1 heterocycles. The molecule has 2 rings (SSSR count). The van der Waals surface area contributed by atoms with Gasteiger partial charge in [-0.2, -0.15) is 0 Å². The summed E-state index contributed by atoms with van der Waals surface area (Å²) in [5, 5.41) is 13.3. The highest BCUT2D eigenvalue weighted by Crippen LogP contribution is 2.19. The molecule has 0 aliphatic heterocycles. The Kier molecular flexibility index (Phi) is 5.02. The molecule has 3 N–H and O–H groups in total. The van der Waals surface area contributed by atoms with Crippen molar-refractivity contribution in [1.82, 2.24) is 10.3 Å². The lowest BCUT2D eigenvalue weighted by molar-refractivity contribution is -0.123. The van der Waals surface area contributed by atoms with E-state index in [1.54, 1.807) is 0 Å². The van der Waals surface area contributed by atoms with Crippen LogP contribution in [0.2, 0.25) is 0 Å². The highest BCUT2D eigenvalue weighted by molar-refractivity contribution is 5.84. The molecule has 1 amide bonds. The summed E-state index contributed by atoms with van der Waals surface area (Å²) < 4.78 is 0. The molecule has 0 aliphatic rings. The third-order valence-electron chi connectivity index (χ3n) is 4.18. The molecule has 0 saturated heterocycles. The standard InChI is InChI=1S/C17H24N2O2/c1-3-17(2,10-11-20)19-16(21)9-8-13-12-18-15-7-5-4-6-14(13)15/h4-7,12,18,20H,3,8-11H2,1-2H3,(H,19,21). The van der Waals surface area contributed by atoms with Crippen LogP contribution in [0.3, 0.4) is 0 Å². The van der Waals surface area contributed by atoms with E-state index in [1.807, 2.05) is 38.2 Å². The topological polar surface area (TPSA) is 65.1 Å². The summed E-state index contributed by atoms with van der Waals surface area (Å²) >= 11 is 0. The van der Waals surface area contributed by atoms with Gasteiger partial charge in [0.05, 0.1) is 0 Å². The van der Waals surface area contributed by atoms with Crippen LogP contribution >= 0.6 is 0 Å². The van der Waals surface area contributed by atoms with Gasteiger partial charge in [-0.3, -0.25) is 4.79 Å². The first-order valence-corrected chi connectivity index (χ1v) is 7.55. The second-order valence-corrected chi connectivity index (χ2v) is 5.80. The van der Waals surface area contributed by atoms with E-state index in [-0.39, 0.29) is 18.1 Å². The molecule has 2 aromatic rings. The minimum absolute atomic E-state index is 0.0399. The monoisotopic (exact) mass is 288 g/mol. The van der Waals surface area contributed by atoms with Gasteiger partial charge >= 0.3 is 0 Å². The number of aliphatic hydroxyl groups is 1. The Bertz CT molecular complexity index is 606. The lowest BCUT2D eigenvalue weighted by Crippen LogP contribution is -2.46. The van der Waals surface area contributed by atoms with Crippen molar-refractivity contribution in [1.29, 1.82) is 0 Å². The Labute approximate surface area is 125 Å². The van der Waals surface area contributed by atoms with Crippen molar-refractivity contribution in [3.8, 4) is 0 Å². The SMILES string of the molecule is CCC(C)(CCO)NC(=O)CCc1c[nH]c2ccccc12. The number of nitrogens with one attached hydrogen (secondary N) is 2.